The van der Waals surface area contributed by atoms with E-state index < -0.39 is 5.82 Å². The van der Waals surface area contributed by atoms with Gasteiger partial charge < -0.3 is 0 Å². The molecule has 0 radical (unpaired) electrons. The Bertz CT molecular complexity index is 855. The zero-order chi connectivity index (χ0) is 15.0. The second-order valence-electron chi connectivity index (χ2n) is 4.93. The zero-order valence-corrected chi connectivity index (χ0v) is 12.1. The second kappa shape index (κ2) is 5.30. The van der Waals surface area contributed by atoms with Gasteiger partial charge in [-0.05, 0) is 41.5 Å². The summed E-state index contributed by atoms with van der Waals surface area (Å²) in [5, 5.41) is 1.89. The summed E-state index contributed by atoms with van der Waals surface area (Å²) in [6.45, 7) is 2.01. The molecule has 0 amide bonds. The van der Waals surface area contributed by atoms with Gasteiger partial charge in [0.05, 0.1) is 5.02 Å². The van der Waals surface area contributed by atoms with Gasteiger partial charge in [-0.1, -0.05) is 48.0 Å². The number of ketones is 1. The molecule has 3 heteroatoms. The number of rotatable bonds is 2. The summed E-state index contributed by atoms with van der Waals surface area (Å²) < 4.78 is 13.2. The number of aryl methyl sites for hydroxylation is 1. The van der Waals surface area contributed by atoms with Crippen molar-refractivity contribution >= 4 is 28.2 Å². The minimum Gasteiger partial charge on any atom is -0.289 e. The van der Waals surface area contributed by atoms with Crippen molar-refractivity contribution in [1.82, 2.24) is 0 Å². The zero-order valence-electron chi connectivity index (χ0n) is 11.4. The van der Waals surface area contributed by atoms with Crippen molar-refractivity contribution in [3.8, 4) is 0 Å². The lowest BCUT2D eigenvalue weighted by Gasteiger charge is -2.08. The number of hydrogen-bond acceptors (Lipinski definition) is 1. The molecule has 0 bridgehead atoms. The van der Waals surface area contributed by atoms with Crippen LogP contribution < -0.4 is 0 Å². The van der Waals surface area contributed by atoms with Gasteiger partial charge in [-0.3, -0.25) is 4.79 Å². The van der Waals surface area contributed by atoms with Crippen LogP contribution in [0.15, 0.2) is 54.6 Å². The number of halogens is 2. The van der Waals surface area contributed by atoms with E-state index in [4.69, 9.17) is 11.6 Å². The van der Waals surface area contributed by atoms with E-state index in [1.165, 1.54) is 18.2 Å². The molecule has 1 nitrogen and oxygen atoms in total. The molecule has 0 aliphatic carbocycles. The van der Waals surface area contributed by atoms with Crippen LogP contribution in [-0.2, 0) is 0 Å². The lowest BCUT2D eigenvalue weighted by atomic mass is 9.95. The number of benzene rings is 3. The fourth-order valence-electron chi connectivity index (χ4n) is 2.44. The van der Waals surface area contributed by atoms with E-state index in [2.05, 4.69) is 0 Å². The van der Waals surface area contributed by atoms with Crippen molar-refractivity contribution in [2.45, 2.75) is 6.92 Å². The van der Waals surface area contributed by atoms with Crippen LogP contribution in [0.5, 0.6) is 0 Å². The molecule has 0 spiro atoms. The Morgan fingerprint density at radius 3 is 2.43 bits per heavy atom. The van der Waals surface area contributed by atoms with E-state index in [-0.39, 0.29) is 10.8 Å². The summed E-state index contributed by atoms with van der Waals surface area (Å²) in [4.78, 5) is 12.7. The van der Waals surface area contributed by atoms with Crippen LogP contribution in [-0.4, -0.2) is 5.78 Å². The van der Waals surface area contributed by atoms with Gasteiger partial charge in [0.15, 0.2) is 5.78 Å². The van der Waals surface area contributed by atoms with Crippen molar-refractivity contribution in [3.05, 3.63) is 82.1 Å². The summed E-state index contributed by atoms with van der Waals surface area (Å²) in [6.07, 6.45) is 0. The highest BCUT2D eigenvalue weighted by Gasteiger charge is 2.14. The molecule has 104 valence electrons. The van der Waals surface area contributed by atoms with E-state index in [0.717, 1.165) is 16.3 Å². The smallest absolute Gasteiger partial charge is 0.193 e. The predicted molar refractivity (Wildman–Crippen MR) is 83.5 cm³/mol. The third-order valence-corrected chi connectivity index (χ3v) is 3.86. The molecule has 3 rings (SSSR count). The van der Waals surface area contributed by atoms with E-state index in [0.29, 0.717) is 11.1 Å². The molecule has 0 saturated carbocycles. The monoisotopic (exact) mass is 298 g/mol. The molecular formula is C18H12ClFO. The number of hydrogen-bond donors (Lipinski definition) is 0. The van der Waals surface area contributed by atoms with Gasteiger partial charge in [-0.2, -0.15) is 0 Å². The van der Waals surface area contributed by atoms with Gasteiger partial charge in [0.25, 0.3) is 0 Å². The van der Waals surface area contributed by atoms with Crippen LogP contribution in [0.4, 0.5) is 4.39 Å². The summed E-state index contributed by atoms with van der Waals surface area (Å²) in [7, 11) is 0. The Labute approximate surface area is 127 Å². The minimum absolute atomic E-state index is 0.0442. The van der Waals surface area contributed by atoms with Crippen molar-refractivity contribution in [2.75, 3.05) is 0 Å². The lowest BCUT2D eigenvalue weighted by Crippen LogP contribution is -2.03. The van der Waals surface area contributed by atoms with E-state index in [1.807, 2.05) is 37.3 Å². The molecule has 0 heterocycles. The maximum atomic E-state index is 13.2. The highest BCUT2D eigenvalue weighted by atomic mass is 35.5. The Morgan fingerprint density at radius 2 is 1.71 bits per heavy atom. The maximum Gasteiger partial charge on any atom is 0.193 e. The first kappa shape index (κ1) is 13.8. The maximum absolute atomic E-state index is 13.2. The van der Waals surface area contributed by atoms with Crippen LogP contribution >= 0.6 is 11.6 Å². The molecule has 0 saturated heterocycles. The average Bonchev–Trinajstić information content (AvgIpc) is 2.50. The Balaban J connectivity index is 2.18. The SMILES string of the molecule is Cc1ccc(C(=O)c2ccc(F)c(Cl)c2)c2ccccc12. The average molecular weight is 299 g/mol. The molecule has 0 aliphatic heterocycles. The fraction of sp³-hybridized carbons (Fsp3) is 0.0556. The molecule has 21 heavy (non-hydrogen) atoms. The molecular weight excluding hydrogens is 287 g/mol. The highest BCUT2D eigenvalue weighted by Crippen LogP contribution is 2.25. The third kappa shape index (κ3) is 2.43. The Kier molecular flexibility index (Phi) is 3.48. The highest BCUT2D eigenvalue weighted by molar-refractivity contribution is 6.31. The minimum atomic E-state index is -0.526. The Hall–Kier alpha value is -2.19. The molecule has 3 aromatic carbocycles. The molecule has 3 aromatic rings. The number of carbonyl (C=O) groups excluding carboxylic acids is 1. The summed E-state index contributed by atoms with van der Waals surface area (Å²) in [6, 6.07) is 15.5. The first-order chi connectivity index (χ1) is 10.1. The van der Waals surface area contributed by atoms with Crippen LogP contribution in [0, 0.1) is 12.7 Å². The largest absolute Gasteiger partial charge is 0.289 e. The standard InChI is InChI=1S/C18H12ClFO/c1-11-6-8-15(14-5-3-2-4-13(11)14)18(21)12-7-9-17(20)16(19)10-12/h2-10H,1H3. The molecule has 0 fully saturated rings. The fourth-order valence-corrected chi connectivity index (χ4v) is 2.62. The molecule has 0 N–H and O–H groups in total. The molecule has 0 aromatic heterocycles. The van der Waals surface area contributed by atoms with Gasteiger partial charge in [0, 0.05) is 11.1 Å². The van der Waals surface area contributed by atoms with Crippen LogP contribution in [0.2, 0.25) is 5.02 Å². The van der Waals surface area contributed by atoms with Crippen molar-refractivity contribution < 1.29 is 9.18 Å². The Morgan fingerprint density at radius 1 is 1.00 bits per heavy atom. The van der Waals surface area contributed by atoms with Gasteiger partial charge in [0.2, 0.25) is 0 Å². The predicted octanol–water partition coefficient (Wildman–Crippen LogP) is 5.17. The molecule has 0 unspecified atom stereocenters. The molecule has 0 atom stereocenters. The lowest BCUT2D eigenvalue weighted by molar-refractivity contribution is 0.104. The number of fused-ring (bicyclic) bond motifs is 1. The van der Waals surface area contributed by atoms with Crippen LogP contribution in [0.1, 0.15) is 21.5 Å². The normalized spacial score (nSPS) is 10.8. The number of carbonyl (C=O) groups is 1. The van der Waals surface area contributed by atoms with Gasteiger partial charge in [-0.15, -0.1) is 0 Å². The van der Waals surface area contributed by atoms with E-state index in [1.54, 1.807) is 6.07 Å². The van der Waals surface area contributed by atoms with Crippen molar-refractivity contribution in [2.24, 2.45) is 0 Å². The second-order valence-corrected chi connectivity index (χ2v) is 5.34. The summed E-state index contributed by atoms with van der Waals surface area (Å²) in [5.74, 6) is -0.685. The quantitative estimate of drug-likeness (QED) is 0.596. The van der Waals surface area contributed by atoms with Gasteiger partial charge >= 0.3 is 0 Å². The third-order valence-electron chi connectivity index (χ3n) is 3.57. The van der Waals surface area contributed by atoms with E-state index in [9.17, 15) is 9.18 Å². The van der Waals surface area contributed by atoms with Gasteiger partial charge in [-0.25, -0.2) is 4.39 Å². The summed E-state index contributed by atoms with van der Waals surface area (Å²) in [5.41, 5.74) is 2.09. The van der Waals surface area contributed by atoms with Crippen molar-refractivity contribution in [1.29, 1.82) is 0 Å². The molecule has 0 aliphatic rings. The van der Waals surface area contributed by atoms with Crippen molar-refractivity contribution in [3.63, 3.8) is 0 Å². The van der Waals surface area contributed by atoms with Crippen LogP contribution in [0.3, 0.4) is 0 Å². The van der Waals surface area contributed by atoms with E-state index >= 15 is 0 Å². The van der Waals surface area contributed by atoms with Crippen LogP contribution in [0.25, 0.3) is 10.8 Å². The summed E-state index contributed by atoms with van der Waals surface area (Å²) >= 11 is 5.76. The van der Waals surface area contributed by atoms with Gasteiger partial charge in [0.1, 0.15) is 5.82 Å². The first-order valence-corrected chi connectivity index (χ1v) is 6.94. The first-order valence-electron chi connectivity index (χ1n) is 6.56. The topological polar surface area (TPSA) is 17.1 Å².